The van der Waals surface area contributed by atoms with Gasteiger partial charge in [-0.05, 0) is 30.5 Å². The number of ether oxygens (including phenoxy) is 1. The van der Waals surface area contributed by atoms with Crippen molar-refractivity contribution in [2.24, 2.45) is 0 Å². The van der Waals surface area contributed by atoms with Crippen molar-refractivity contribution in [2.75, 3.05) is 18.9 Å². The van der Waals surface area contributed by atoms with Gasteiger partial charge in [-0.15, -0.1) is 0 Å². The van der Waals surface area contributed by atoms with Crippen molar-refractivity contribution >= 4 is 15.7 Å². The van der Waals surface area contributed by atoms with Crippen LogP contribution < -0.4 is 5.32 Å². The van der Waals surface area contributed by atoms with Crippen LogP contribution in [-0.4, -0.2) is 39.3 Å². The number of hydrogen-bond acceptors (Lipinski definition) is 4. The molecule has 0 aromatic heterocycles. The van der Waals surface area contributed by atoms with Gasteiger partial charge in [0.25, 0.3) is 0 Å². The lowest BCUT2D eigenvalue weighted by Crippen LogP contribution is -2.36. The van der Waals surface area contributed by atoms with E-state index in [2.05, 4.69) is 5.32 Å². The minimum atomic E-state index is -3.62. The third kappa shape index (κ3) is 5.43. The summed E-state index contributed by atoms with van der Waals surface area (Å²) in [6.45, 7) is 1.01. The molecule has 1 aliphatic heterocycles. The number of benzene rings is 1. The first-order valence-electron chi connectivity index (χ1n) is 6.78. The van der Waals surface area contributed by atoms with Gasteiger partial charge in [0.15, 0.2) is 9.84 Å². The molecule has 0 spiro atoms. The molecule has 1 aromatic rings. The standard InChI is InChI=1S/C14H18FNO4S/c15-12-4-1-3-11(7-12)9-21(18,19)10-14(17)16-8-13-5-2-6-20-13/h1,3-4,7,13H,2,5-6,8-10H2,(H,16,17)/t13-/m1/s1. The molecule has 1 atom stereocenters. The second-order valence-electron chi connectivity index (χ2n) is 5.10. The number of sulfone groups is 1. The van der Waals surface area contributed by atoms with E-state index < -0.39 is 27.3 Å². The Balaban J connectivity index is 1.83. The van der Waals surface area contributed by atoms with Crippen LogP contribution in [-0.2, 0) is 25.1 Å². The Kier molecular flexibility index (Phi) is 5.30. The van der Waals surface area contributed by atoms with E-state index in [1.807, 2.05) is 0 Å². The summed E-state index contributed by atoms with van der Waals surface area (Å²) in [6, 6.07) is 5.36. The van der Waals surface area contributed by atoms with E-state index in [9.17, 15) is 17.6 Å². The van der Waals surface area contributed by atoms with Crippen molar-refractivity contribution in [2.45, 2.75) is 24.7 Å². The largest absolute Gasteiger partial charge is 0.376 e. The highest BCUT2D eigenvalue weighted by Gasteiger charge is 2.20. The molecule has 1 heterocycles. The summed E-state index contributed by atoms with van der Waals surface area (Å²) in [6.07, 6.45) is 1.80. The molecule has 0 aliphatic carbocycles. The van der Waals surface area contributed by atoms with Gasteiger partial charge in [0.2, 0.25) is 5.91 Å². The van der Waals surface area contributed by atoms with Gasteiger partial charge in [-0.25, -0.2) is 12.8 Å². The van der Waals surface area contributed by atoms with Crippen molar-refractivity contribution < 1.29 is 22.3 Å². The Labute approximate surface area is 123 Å². The predicted octanol–water partition coefficient (Wildman–Crippen LogP) is 1.04. The van der Waals surface area contributed by atoms with Gasteiger partial charge < -0.3 is 10.1 Å². The molecule has 1 aliphatic rings. The van der Waals surface area contributed by atoms with E-state index in [-0.39, 0.29) is 11.9 Å². The van der Waals surface area contributed by atoms with Crippen molar-refractivity contribution in [3.05, 3.63) is 35.6 Å². The lowest BCUT2D eigenvalue weighted by molar-refractivity contribution is -0.119. The van der Waals surface area contributed by atoms with Gasteiger partial charge in [0.1, 0.15) is 11.6 Å². The highest BCUT2D eigenvalue weighted by atomic mass is 32.2. The molecule has 1 amide bonds. The highest BCUT2D eigenvalue weighted by molar-refractivity contribution is 7.91. The molecule has 7 heteroatoms. The molecule has 0 radical (unpaired) electrons. The van der Waals surface area contributed by atoms with Crippen LogP contribution in [0.3, 0.4) is 0 Å². The number of nitrogens with one attached hydrogen (secondary N) is 1. The first-order valence-corrected chi connectivity index (χ1v) is 8.60. The number of halogens is 1. The van der Waals surface area contributed by atoms with Crippen LogP contribution in [0.25, 0.3) is 0 Å². The van der Waals surface area contributed by atoms with Crippen LogP contribution >= 0.6 is 0 Å². The van der Waals surface area contributed by atoms with Crippen molar-refractivity contribution in [1.82, 2.24) is 5.32 Å². The molecule has 1 N–H and O–H groups in total. The monoisotopic (exact) mass is 315 g/mol. The van der Waals surface area contributed by atoms with E-state index in [1.54, 1.807) is 0 Å². The van der Waals surface area contributed by atoms with Crippen LogP contribution in [0.4, 0.5) is 4.39 Å². The summed E-state index contributed by atoms with van der Waals surface area (Å²) in [5.74, 6) is -2.00. The fourth-order valence-electron chi connectivity index (χ4n) is 2.22. The Morgan fingerprint density at radius 2 is 2.24 bits per heavy atom. The summed E-state index contributed by atoms with van der Waals surface area (Å²) < 4.78 is 42.2. The van der Waals surface area contributed by atoms with Crippen molar-refractivity contribution in [1.29, 1.82) is 0 Å². The summed E-state index contributed by atoms with van der Waals surface area (Å²) in [7, 11) is -3.62. The molecular formula is C14H18FNO4S. The van der Waals surface area contributed by atoms with Crippen LogP contribution in [0.2, 0.25) is 0 Å². The van der Waals surface area contributed by atoms with Crippen LogP contribution in [0.15, 0.2) is 24.3 Å². The minimum Gasteiger partial charge on any atom is -0.376 e. The third-order valence-corrected chi connectivity index (χ3v) is 4.65. The molecule has 116 valence electrons. The maximum atomic E-state index is 13.0. The van der Waals surface area contributed by atoms with Gasteiger partial charge in [0.05, 0.1) is 11.9 Å². The number of hydrogen-bond donors (Lipinski definition) is 1. The second-order valence-corrected chi connectivity index (χ2v) is 7.17. The maximum absolute atomic E-state index is 13.0. The first-order chi connectivity index (χ1) is 9.94. The minimum absolute atomic E-state index is 0.0279. The zero-order valence-corrected chi connectivity index (χ0v) is 12.4. The average molecular weight is 315 g/mol. The number of rotatable bonds is 6. The quantitative estimate of drug-likeness (QED) is 0.851. The average Bonchev–Trinajstić information content (AvgIpc) is 2.88. The molecule has 0 saturated carbocycles. The van der Waals surface area contributed by atoms with Crippen LogP contribution in [0.1, 0.15) is 18.4 Å². The zero-order chi connectivity index (χ0) is 15.3. The van der Waals surface area contributed by atoms with E-state index >= 15 is 0 Å². The third-order valence-electron chi connectivity index (χ3n) is 3.18. The smallest absolute Gasteiger partial charge is 0.235 e. The van der Waals surface area contributed by atoms with Gasteiger partial charge in [-0.1, -0.05) is 12.1 Å². The van der Waals surface area contributed by atoms with E-state index in [0.29, 0.717) is 18.7 Å². The van der Waals surface area contributed by atoms with Gasteiger partial charge in [0, 0.05) is 13.2 Å². The van der Waals surface area contributed by atoms with Gasteiger partial charge in [-0.2, -0.15) is 0 Å². The molecule has 1 aromatic carbocycles. The lowest BCUT2D eigenvalue weighted by Gasteiger charge is -2.11. The fourth-order valence-corrected chi connectivity index (χ4v) is 3.51. The molecule has 2 rings (SSSR count). The Morgan fingerprint density at radius 3 is 2.90 bits per heavy atom. The Hall–Kier alpha value is -1.47. The maximum Gasteiger partial charge on any atom is 0.235 e. The molecule has 21 heavy (non-hydrogen) atoms. The molecular weight excluding hydrogens is 297 g/mol. The highest BCUT2D eigenvalue weighted by Crippen LogP contribution is 2.11. The summed E-state index contributed by atoms with van der Waals surface area (Å²) in [5.41, 5.74) is 0.335. The predicted molar refractivity (Wildman–Crippen MR) is 75.9 cm³/mol. The summed E-state index contributed by atoms with van der Waals surface area (Å²) in [5, 5.41) is 2.56. The van der Waals surface area contributed by atoms with Crippen molar-refractivity contribution in [3.8, 4) is 0 Å². The zero-order valence-electron chi connectivity index (χ0n) is 11.5. The molecule has 5 nitrogen and oxygen atoms in total. The second kappa shape index (κ2) is 7.00. The molecule has 0 bridgehead atoms. The molecule has 0 unspecified atom stereocenters. The topological polar surface area (TPSA) is 72.5 Å². The van der Waals surface area contributed by atoms with Crippen molar-refractivity contribution in [3.63, 3.8) is 0 Å². The SMILES string of the molecule is O=C(CS(=O)(=O)Cc1cccc(F)c1)NC[C@H]1CCCO1. The normalized spacial score (nSPS) is 18.6. The number of carbonyl (C=O) groups excluding carboxylic acids is 1. The number of carbonyl (C=O) groups is 1. The molecule has 1 fully saturated rings. The summed E-state index contributed by atoms with van der Waals surface area (Å²) in [4.78, 5) is 11.7. The van der Waals surface area contributed by atoms with E-state index in [1.165, 1.54) is 18.2 Å². The van der Waals surface area contributed by atoms with E-state index in [4.69, 9.17) is 4.74 Å². The van der Waals surface area contributed by atoms with E-state index in [0.717, 1.165) is 18.9 Å². The lowest BCUT2D eigenvalue weighted by atomic mass is 10.2. The molecule has 1 saturated heterocycles. The Bertz CT molecular complexity index is 597. The first kappa shape index (κ1) is 15.9. The van der Waals surface area contributed by atoms with Crippen LogP contribution in [0, 0.1) is 5.82 Å². The summed E-state index contributed by atoms with van der Waals surface area (Å²) >= 11 is 0. The Morgan fingerprint density at radius 1 is 1.43 bits per heavy atom. The van der Waals surface area contributed by atoms with Gasteiger partial charge >= 0.3 is 0 Å². The fraction of sp³-hybridized carbons (Fsp3) is 0.500. The number of amides is 1. The van der Waals surface area contributed by atoms with Gasteiger partial charge in [-0.3, -0.25) is 4.79 Å². The van der Waals surface area contributed by atoms with Crippen LogP contribution in [0.5, 0.6) is 0 Å².